The van der Waals surface area contributed by atoms with Crippen LogP contribution in [0.4, 0.5) is 13.2 Å². The van der Waals surface area contributed by atoms with E-state index in [-0.39, 0.29) is 23.2 Å². The van der Waals surface area contributed by atoms with Gasteiger partial charge in [-0.2, -0.15) is 18.2 Å². The van der Waals surface area contributed by atoms with Gasteiger partial charge >= 0.3 is 6.18 Å². The summed E-state index contributed by atoms with van der Waals surface area (Å²) in [6.07, 6.45) is -4.45. The summed E-state index contributed by atoms with van der Waals surface area (Å²) in [5.41, 5.74) is 0.770. The number of hydrogen-bond donors (Lipinski definition) is 0. The van der Waals surface area contributed by atoms with Gasteiger partial charge in [-0.3, -0.25) is 4.79 Å². The summed E-state index contributed by atoms with van der Waals surface area (Å²) in [5, 5.41) is 6.31. The van der Waals surface area contributed by atoms with Gasteiger partial charge in [-0.1, -0.05) is 47.6 Å². The summed E-state index contributed by atoms with van der Waals surface area (Å²) < 4.78 is 44.0. The lowest BCUT2D eigenvalue weighted by molar-refractivity contribution is -0.137. The summed E-state index contributed by atoms with van der Waals surface area (Å²) in [5.74, 6) is 0.0307. The second-order valence-corrected chi connectivity index (χ2v) is 8.20. The average Bonchev–Trinajstić information content (AvgIpc) is 3.43. The van der Waals surface area contributed by atoms with E-state index < -0.39 is 11.7 Å². The molecule has 32 heavy (non-hydrogen) atoms. The first-order valence-electron chi connectivity index (χ1n) is 9.70. The van der Waals surface area contributed by atoms with Gasteiger partial charge in [-0.05, 0) is 12.1 Å². The molecule has 5 rings (SSSR count). The fourth-order valence-corrected chi connectivity index (χ4v) is 4.20. The molecule has 0 radical (unpaired) electrons. The van der Waals surface area contributed by atoms with Crippen molar-refractivity contribution in [1.82, 2.24) is 20.0 Å². The smallest absolute Gasteiger partial charge is 0.339 e. The van der Waals surface area contributed by atoms with Crippen molar-refractivity contribution in [2.45, 2.75) is 12.1 Å². The van der Waals surface area contributed by atoms with Gasteiger partial charge in [0.2, 0.25) is 11.7 Å². The molecule has 0 spiro atoms. The summed E-state index contributed by atoms with van der Waals surface area (Å²) >= 11 is 1.40. The van der Waals surface area contributed by atoms with E-state index in [9.17, 15) is 18.0 Å². The molecule has 2 aromatic carbocycles. The molecule has 4 aromatic rings. The minimum atomic E-state index is -4.45. The van der Waals surface area contributed by atoms with Crippen molar-refractivity contribution in [1.29, 1.82) is 0 Å². The van der Waals surface area contributed by atoms with Gasteiger partial charge in [0, 0.05) is 29.6 Å². The number of likely N-dealkylation sites (tertiary alicyclic amines) is 1. The Morgan fingerprint density at radius 3 is 2.53 bits per heavy atom. The zero-order valence-electron chi connectivity index (χ0n) is 16.4. The molecule has 1 saturated heterocycles. The van der Waals surface area contributed by atoms with Crippen molar-refractivity contribution >= 4 is 17.2 Å². The highest BCUT2D eigenvalue weighted by Gasteiger charge is 2.37. The lowest BCUT2D eigenvalue weighted by atomic mass is 9.99. The predicted molar refractivity (Wildman–Crippen MR) is 111 cm³/mol. The van der Waals surface area contributed by atoms with Crippen LogP contribution in [0, 0.1) is 0 Å². The van der Waals surface area contributed by atoms with Crippen LogP contribution in [0.1, 0.15) is 27.9 Å². The number of aromatic nitrogens is 3. The van der Waals surface area contributed by atoms with Gasteiger partial charge in [-0.15, -0.1) is 11.3 Å². The number of carbonyl (C=O) groups is 1. The van der Waals surface area contributed by atoms with Gasteiger partial charge < -0.3 is 9.42 Å². The number of nitrogens with zero attached hydrogens (tertiary/aromatic N) is 4. The molecule has 0 N–H and O–H groups in total. The number of rotatable bonds is 4. The Morgan fingerprint density at radius 2 is 1.78 bits per heavy atom. The monoisotopic (exact) mass is 456 g/mol. The van der Waals surface area contributed by atoms with Crippen LogP contribution in [0.5, 0.6) is 0 Å². The van der Waals surface area contributed by atoms with Crippen molar-refractivity contribution in [3.05, 3.63) is 77.1 Å². The second-order valence-electron chi connectivity index (χ2n) is 7.35. The molecule has 1 amide bonds. The van der Waals surface area contributed by atoms with Gasteiger partial charge in [0.25, 0.3) is 5.91 Å². The normalized spacial score (nSPS) is 14.4. The predicted octanol–water partition coefficient (Wildman–Crippen LogP) is 5.12. The number of amides is 1. The number of thiazole rings is 1. The van der Waals surface area contributed by atoms with Crippen LogP contribution in [-0.4, -0.2) is 39.0 Å². The quantitative estimate of drug-likeness (QED) is 0.426. The first-order chi connectivity index (χ1) is 15.4. The van der Waals surface area contributed by atoms with Crippen LogP contribution in [0.3, 0.4) is 0 Å². The lowest BCUT2D eigenvalue weighted by Crippen LogP contribution is -2.48. The Hall–Kier alpha value is -3.53. The molecule has 0 unspecified atom stereocenters. The third kappa shape index (κ3) is 3.89. The van der Waals surface area contributed by atoms with Crippen molar-refractivity contribution in [2.75, 3.05) is 13.1 Å². The molecule has 10 heteroatoms. The molecular weight excluding hydrogens is 441 g/mol. The number of benzene rings is 2. The molecule has 162 valence electrons. The maximum atomic E-state index is 12.9. The fraction of sp³-hybridized carbons (Fsp3) is 0.182. The molecule has 0 bridgehead atoms. The molecule has 6 nitrogen and oxygen atoms in total. The Kier molecular flexibility index (Phi) is 5.01. The Balaban J connectivity index is 1.24. The van der Waals surface area contributed by atoms with Crippen LogP contribution in [-0.2, 0) is 6.18 Å². The number of halogens is 3. The van der Waals surface area contributed by atoms with Crippen molar-refractivity contribution < 1.29 is 22.5 Å². The summed E-state index contributed by atoms with van der Waals surface area (Å²) in [4.78, 5) is 23.0. The Bertz CT molecular complexity index is 1260. The van der Waals surface area contributed by atoms with Crippen LogP contribution in [0.25, 0.3) is 22.0 Å². The molecule has 2 aromatic heterocycles. The first-order valence-corrected chi connectivity index (χ1v) is 10.6. The fourth-order valence-electron chi connectivity index (χ4n) is 3.40. The number of hydrogen-bond acceptors (Lipinski definition) is 6. The topological polar surface area (TPSA) is 72.1 Å². The van der Waals surface area contributed by atoms with E-state index in [1.807, 2.05) is 30.3 Å². The lowest BCUT2D eigenvalue weighted by Gasteiger charge is -2.36. The summed E-state index contributed by atoms with van der Waals surface area (Å²) in [6.45, 7) is 0.752. The molecular formula is C22H15F3N4O2S. The van der Waals surface area contributed by atoms with Crippen molar-refractivity contribution in [3.63, 3.8) is 0 Å². The van der Waals surface area contributed by atoms with Crippen LogP contribution in [0.15, 0.2) is 64.5 Å². The zero-order chi connectivity index (χ0) is 22.3. The minimum absolute atomic E-state index is 0.0860. The third-order valence-corrected chi connectivity index (χ3v) is 6.04. The van der Waals surface area contributed by atoms with E-state index in [2.05, 4.69) is 15.1 Å². The molecule has 1 aliphatic heterocycles. The standard InChI is InChI=1S/C22H15F3N4O2S/c23-22(24,25)16-8-4-7-14(9-16)18-27-19(31-28-18)15-10-29(11-15)21(30)17-12-32-20(26-17)13-5-2-1-3-6-13/h1-9,12,15H,10-11H2. The van der Waals surface area contributed by atoms with Crippen LogP contribution < -0.4 is 0 Å². The molecule has 0 atom stereocenters. The molecule has 1 fully saturated rings. The van der Waals surface area contributed by atoms with E-state index in [1.54, 1.807) is 10.3 Å². The highest BCUT2D eigenvalue weighted by molar-refractivity contribution is 7.13. The maximum absolute atomic E-state index is 12.9. The van der Waals surface area contributed by atoms with E-state index in [0.717, 1.165) is 22.7 Å². The summed E-state index contributed by atoms with van der Waals surface area (Å²) in [6, 6.07) is 14.4. The second kappa shape index (κ2) is 7.86. The van der Waals surface area contributed by atoms with E-state index in [1.165, 1.54) is 23.5 Å². The van der Waals surface area contributed by atoms with Crippen molar-refractivity contribution in [3.8, 4) is 22.0 Å². The average molecular weight is 456 g/mol. The number of carbonyl (C=O) groups excluding carboxylic acids is 1. The highest BCUT2D eigenvalue weighted by Crippen LogP contribution is 2.33. The largest absolute Gasteiger partial charge is 0.416 e. The molecule has 3 heterocycles. The molecule has 1 aliphatic rings. The van der Waals surface area contributed by atoms with Gasteiger partial charge in [-0.25, -0.2) is 4.98 Å². The molecule has 0 aliphatic carbocycles. The van der Waals surface area contributed by atoms with Gasteiger partial charge in [0.15, 0.2) is 0 Å². The third-order valence-electron chi connectivity index (χ3n) is 5.15. The SMILES string of the molecule is O=C(c1csc(-c2ccccc2)n1)N1CC(c2nc(-c3cccc(C(F)(F)F)c3)no2)C1. The van der Waals surface area contributed by atoms with E-state index in [4.69, 9.17) is 4.52 Å². The Morgan fingerprint density at radius 1 is 1.03 bits per heavy atom. The van der Waals surface area contributed by atoms with E-state index in [0.29, 0.717) is 24.7 Å². The Labute approximate surface area is 184 Å². The minimum Gasteiger partial charge on any atom is -0.339 e. The molecule has 0 saturated carbocycles. The van der Waals surface area contributed by atoms with E-state index >= 15 is 0 Å². The van der Waals surface area contributed by atoms with Crippen LogP contribution in [0.2, 0.25) is 0 Å². The maximum Gasteiger partial charge on any atom is 0.416 e. The number of alkyl halides is 3. The van der Waals surface area contributed by atoms with Gasteiger partial charge in [0.05, 0.1) is 11.5 Å². The zero-order valence-corrected chi connectivity index (χ0v) is 17.2. The van der Waals surface area contributed by atoms with Crippen molar-refractivity contribution in [2.24, 2.45) is 0 Å². The summed E-state index contributed by atoms with van der Waals surface area (Å²) in [7, 11) is 0. The van der Waals surface area contributed by atoms with Crippen LogP contribution >= 0.6 is 11.3 Å². The highest BCUT2D eigenvalue weighted by atomic mass is 32.1. The first kappa shape index (κ1) is 20.4. The van der Waals surface area contributed by atoms with Gasteiger partial charge in [0.1, 0.15) is 10.7 Å².